The maximum atomic E-state index is 14.4. The smallest absolute Gasteiger partial charge is 0.416 e. The Kier molecular flexibility index (Phi) is 5.40. The number of benzene rings is 1. The molecule has 0 radical (unpaired) electrons. The fourth-order valence-electron chi connectivity index (χ4n) is 3.04. The highest BCUT2D eigenvalue weighted by Gasteiger charge is 2.43. The third-order valence-corrected chi connectivity index (χ3v) is 4.66. The lowest BCUT2D eigenvalue weighted by molar-refractivity contribution is -0.137. The number of likely N-dealkylation sites (N-methyl/N-ethyl adjacent to an activating group) is 1. The average molecular weight is 429 g/mol. The molecule has 0 unspecified atom stereocenters. The standard InChI is InChI=1S/C19H16F5N3O3/c1-9-6-11(19(22,23)24)7-15(25-9)27-14(8-30-18(27)29)17(28)26(3)13-5-4-12(20)10(2)16(13)21/h4-7,14H,8H2,1-3H3/t14-/m0/s1. The molecular weight excluding hydrogens is 413 g/mol. The van der Waals surface area contributed by atoms with E-state index in [0.29, 0.717) is 11.0 Å². The van der Waals surface area contributed by atoms with Crippen molar-refractivity contribution < 1.29 is 36.3 Å². The van der Waals surface area contributed by atoms with E-state index < -0.39 is 53.8 Å². The molecule has 160 valence electrons. The average Bonchev–Trinajstić information content (AvgIpc) is 3.05. The van der Waals surface area contributed by atoms with Gasteiger partial charge in [-0.2, -0.15) is 13.2 Å². The zero-order chi connectivity index (χ0) is 22.4. The summed E-state index contributed by atoms with van der Waals surface area (Å²) < 4.78 is 72.2. The molecule has 1 aliphatic rings. The minimum Gasteiger partial charge on any atom is -0.446 e. The van der Waals surface area contributed by atoms with Gasteiger partial charge in [-0.1, -0.05) is 0 Å². The number of alkyl halides is 3. The molecule has 1 atom stereocenters. The Balaban J connectivity index is 1.98. The van der Waals surface area contributed by atoms with Crippen LogP contribution in [-0.4, -0.2) is 36.7 Å². The van der Waals surface area contributed by atoms with Gasteiger partial charge < -0.3 is 9.64 Å². The normalized spacial score (nSPS) is 16.6. The number of hydrogen-bond acceptors (Lipinski definition) is 4. The lowest BCUT2D eigenvalue weighted by Gasteiger charge is -2.26. The number of cyclic esters (lactones) is 1. The van der Waals surface area contributed by atoms with Crippen molar-refractivity contribution in [1.82, 2.24) is 4.98 Å². The van der Waals surface area contributed by atoms with Gasteiger partial charge >= 0.3 is 12.3 Å². The second kappa shape index (κ2) is 7.54. The van der Waals surface area contributed by atoms with Crippen molar-refractivity contribution in [3.8, 4) is 0 Å². The van der Waals surface area contributed by atoms with E-state index in [2.05, 4.69) is 4.98 Å². The number of pyridine rings is 1. The lowest BCUT2D eigenvalue weighted by Crippen LogP contribution is -2.47. The first-order valence-corrected chi connectivity index (χ1v) is 8.66. The van der Waals surface area contributed by atoms with E-state index in [4.69, 9.17) is 4.74 Å². The molecule has 0 aliphatic carbocycles. The second-order valence-corrected chi connectivity index (χ2v) is 6.72. The summed E-state index contributed by atoms with van der Waals surface area (Å²) in [6, 6.07) is 2.06. The number of aryl methyl sites for hydroxylation is 1. The SMILES string of the molecule is Cc1cc(C(F)(F)F)cc(N2C(=O)OC[C@H]2C(=O)N(C)c2ccc(F)c(C)c2F)n1. The summed E-state index contributed by atoms with van der Waals surface area (Å²) in [6.45, 7) is 2.02. The Morgan fingerprint density at radius 3 is 2.53 bits per heavy atom. The number of carbonyl (C=O) groups is 2. The molecule has 0 N–H and O–H groups in total. The largest absolute Gasteiger partial charge is 0.446 e. The number of nitrogens with zero attached hydrogens (tertiary/aromatic N) is 3. The highest BCUT2D eigenvalue weighted by molar-refractivity contribution is 6.05. The van der Waals surface area contributed by atoms with Gasteiger partial charge in [0.2, 0.25) is 0 Å². The fraction of sp³-hybridized carbons (Fsp3) is 0.316. The van der Waals surface area contributed by atoms with E-state index in [1.54, 1.807) is 0 Å². The summed E-state index contributed by atoms with van der Waals surface area (Å²) in [5.41, 5.74) is -1.65. The minimum atomic E-state index is -4.70. The molecule has 30 heavy (non-hydrogen) atoms. The number of aromatic nitrogens is 1. The van der Waals surface area contributed by atoms with Crippen LogP contribution >= 0.6 is 0 Å². The predicted octanol–water partition coefficient (Wildman–Crippen LogP) is 3.98. The van der Waals surface area contributed by atoms with E-state index in [1.165, 1.54) is 20.9 Å². The van der Waals surface area contributed by atoms with Gasteiger partial charge in [0.25, 0.3) is 5.91 Å². The van der Waals surface area contributed by atoms with Crippen molar-refractivity contribution in [2.45, 2.75) is 26.1 Å². The number of carbonyl (C=O) groups excluding carboxylic acids is 2. The number of rotatable bonds is 3. The van der Waals surface area contributed by atoms with Gasteiger partial charge in [-0.3, -0.25) is 4.79 Å². The first-order valence-electron chi connectivity index (χ1n) is 8.66. The van der Waals surface area contributed by atoms with Crippen LogP contribution in [0.15, 0.2) is 24.3 Å². The quantitative estimate of drug-likeness (QED) is 0.693. The fourth-order valence-corrected chi connectivity index (χ4v) is 3.04. The van der Waals surface area contributed by atoms with Gasteiger partial charge in [0.05, 0.1) is 11.3 Å². The van der Waals surface area contributed by atoms with Crippen molar-refractivity contribution in [2.75, 3.05) is 23.5 Å². The lowest BCUT2D eigenvalue weighted by atomic mass is 10.1. The first-order chi connectivity index (χ1) is 13.9. The van der Waals surface area contributed by atoms with E-state index in [9.17, 15) is 31.5 Å². The molecular formula is C19H16F5N3O3. The molecule has 2 amide bonds. The Morgan fingerprint density at radius 2 is 1.90 bits per heavy atom. The van der Waals surface area contributed by atoms with E-state index in [1.807, 2.05) is 0 Å². The Labute approximate surface area is 167 Å². The first kappa shape index (κ1) is 21.5. The molecule has 1 aromatic carbocycles. The molecule has 2 heterocycles. The van der Waals surface area contributed by atoms with Crippen LogP contribution in [0.1, 0.15) is 16.8 Å². The van der Waals surface area contributed by atoms with Gasteiger partial charge in [0.15, 0.2) is 11.9 Å². The van der Waals surface area contributed by atoms with Crippen LogP contribution in [0.4, 0.5) is 38.3 Å². The molecule has 11 heteroatoms. The summed E-state index contributed by atoms with van der Waals surface area (Å²) in [5, 5.41) is 0. The van der Waals surface area contributed by atoms with Gasteiger partial charge in [-0.05, 0) is 38.1 Å². The van der Waals surface area contributed by atoms with Crippen molar-refractivity contribution in [3.63, 3.8) is 0 Å². The van der Waals surface area contributed by atoms with Crippen molar-refractivity contribution in [1.29, 1.82) is 0 Å². The molecule has 0 spiro atoms. The molecule has 1 fully saturated rings. The predicted molar refractivity (Wildman–Crippen MR) is 96.1 cm³/mol. The van der Waals surface area contributed by atoms with Crippen molar-refractivity contribution >= 4 is 23.5 Å². The van der Waals surface area contributed by atoms with E-state index in [-0.39, 0.29) is 16.9 Å². The van der Waals surface area contributed by atoms with Crippen LogP contribution in [0.25, 0.3) is 0 Å². The number of anilines is 2. The number of hydrogen-bond donors (Lipinski definition) is 0. The van der Waals surface area contributed by atoms with Gasteiger partial charge in [0, 0.05) is 18.3 Å². The highest BCUT2D eigenvalue weighted by Crippen LogP contribution is 2.33. The van der Waals surface area contributed by atoms with Crippen LogP contribution in [0.5, 0.6) is 0 Å². The van der Waals surface area contributed by atoms with Gasteiger partial charge in [-0.15, -0.1) is 0 Å². The van der Waals surface area contributed by atoms with Crippen LogP contribution in [0, 0.1) is 25.5 Å². The topological polar surface area (TPSA) is 62.7 Å². The summed E-state index contributed by atoms with van der Waals surface area (Å²) in [5.74, 6) is -3.05. The van der Waals surface area contributed by atoms with Crippen LogP contribution in [-0.2, 0) is 15.7 Å². The number of amides is 2. The molecule has 6 nitrogen and oxygen atoms in total. The Bertz CT molecular complexity index is 1030. The number of ether oxygens (including phenoxy) is 1. The van der Waals surface area contributed by atoms with Crippen LogP contribution in [0.3, 0.4) is 0 Å². The van der Waals surface area contributed by atoms with Gasteiger partial charge in [-0.25, -0.2) is 23.5 Å². The van der Waals surface area contributed by atoms with Gasteiger partial charge in [0.1, 0.15) is 18.2 Å². The zero-order valence-electron chi connectivity index (χ0n) is 16.1. The summed E-state index contributed by atoms with van der Waals surface area (Å²) in [6.07, 6.45) is -5.76. The van der Waals surface area contributed by atoms with Crippen LogP contribution in [0.2, 0.25) is 0 Å². The molecule has 1 aromatic heterocycles. The minimum absolute atomic E-state index is 0.0284. The molecule has 1 saturated heterocycles. The second-order valence-electron chi connectivity index (χ2n) is 6.72. The van der Waals surface area contributed by atoms with Crippen molar-refractivity contribution in [3.05, 3.63) is 52.7 Å². The van der Waals surface area contributed by atoms with E-state index in [0.717, 1.165) is 23.1 Å². The maximum absolute atomic E-state index is 14.4. The Hall–Kier alpha value is -3.24. The third-order valence-electron chi connectivity index (χ3n) is 4.66. The number of halogens is 5. The molecule has 2 aromatic rings. The maximum Gasteiger partial charge on any atom is 0.416 e. The summed E-state index contributed by atoms with van der Waals surface area (Å²) in [7, 11) is 1.20. The monoisotopic (exact) mass is 429 g/mol. The molecule has 0 saturated carbocycles. The van der Waals surface area contributed by atoms with Crippen LogP contribution < -0.4 is 9.80 Å². The summed E-state index contributed by atoms with van der Waals surface area (Å²) in [4.78, 5) is 30.6. The highest BCUT2D eigenvalue weighted by atomic mass is 19.4. The van der Waals surface area contributed by atoms with Crippen molar-refractivity contribution in [2.24, 2.45) is 0 Å². The summed E-state index contributed by atoms with van der Waals surface area (Å²) >= 11 is 0. The molecule has 1 aliphatic heterocycles. The molecule has 3 rings (SSSR count). The Morgan fingerprint density at radius 1 is 1.23 bits per heavy atom. The third kappa shape index (κ3) is 3.79. The van der Waals surface area contributed by atoms with E-state index >= 15 is 0 Å². The molecule has 0 bridgehead atoms. The zero-order valence-corrected chi connectivity index (χ0v) is 16.1.